The van der Waals surface area contributed by atoms with Crippen LogP contribution < -0.4 is 5.32 Å². The Morgan fingerprint density at radius 1 is 1.33 bits per heavy atom. The highest BCUT2D eigenvalue weighted by Crippen LogP contribution is 2.21. The molecule has 0 aliphatic rings. The Morgan fingerprint density at radius 2 is 2.11 bits per heavy atom. The van der Waals surface area contributed by atoms with Gasteiger partial charge in [0.25, 0.3) is 0 Å². The summed E-state index contributed by atoms with van der Waals surface area (Å²) in [4.78, 5) is 2.63. The minimum absolute atomic E-state index is 0.105. The molecule has 0 radical (unpaired) electrons. The van der Waals surface area contributed by atoms with Gasteiger partial charge in [-0.25, -0.2) is 4.68 Å². The first-order chi connectivity index (χ1) is 8.61. The predicted molar refractivity (Wildman–Crippen MR) is 75.2 cm³/mol. The first-order valence-corrected chi connectivity index (χ1v) is 6.87. The SMILES string of the molecule is Cc1ccc(CNc2c(C)c(C)nn2CCO)s1. The molecule has 0 aromatic carbocycles. The minimum atomic E-state index is 0.105. The molecule has 2 aromatic rings. The average molecular weight is 265 g/mol. The lowest BCUT2D eigenvalue weighted by atomic mass is 10.3. The molecule has 4 nitrogen and oxygen atoms in total. The summed E-state index contributed by atoms with van der Waals surface area (Å²) in [6, 6.07) is 4.27. The molecule has 0 saturated heterocycles. The molecule has 0 saturated carbocycles. The van der Waals surface area contributed by atoms with E-state index in [4.69, 9.17) is 5.11 Å². The van der Waals surface area contributed by atoms with Crippen molar-refractivity contribution in [3.63, 3.8) is 0 Å². The van der Waals surface area contributed by atoms with Gasteiger partial charge in [0.15, 0.2) is 0 Å². The van der Waals surface area contributed by atoms with Crippen LogP contribution in [0.25, 0.3) is 0 Å². The van der Waals surface area contributed by atoms with Gasteiger partial charge in [-0.15, -0.1) is 11.3 Å². The molecule has 0 spiro atoms. The third-order valence-electron chi connectivity index (χ3n) is 2.96. The number of anilines is 1. The monoisotopic (exact) mass is 265 g/mol. The number of nitrogens with one attached hydrogen (secondary N) is 1. The second-order valence-corrected chi connectivity index (χ2v) is 5.74. The lowest BCUT2D eigenvalue weighted by Gasteiger charge is -2.09. The molecule has 18 heavy (non-hydrogen) atoms. The number of aryl methyl sites for hydroxylation is 2. The zero-order chi connectivity index (χ0) is 13.1. The van der Waals surface area contributed by atoms with E-state index in [1.807, 2.05) is 11.6 Å². The zero-order valence-electron chi connectivity index (χ0n) is 11.0. The number of hydrogen-bond donors (Lipinski definition) is 2. The lowest BCUT2D eigenvalue weighted by molar-refractivity contribution is 0.270. The van der Waals surface area contributed by atoms with E-state index in [1.54, 1.807) is 11.3 Å². The van der Waals surface area contributed by atoms with Crippen LogP contribution in [0.4, 0.5) is 5.82 Å². The molecule has 98 valence electrons. The van der Waals surface area contributed by atoms with Crippen LogP contribution in [-0.4, -0.2) is 21.5 Å². The minimum Gasteiger partial charge on any atom is -0.394 e. The maximum absolute atomic E-state index is 9.05. The van der Waals surface area contributed by atoms with Crippen LogP contribution in [0.15, 0.2) is 12.1 Å². The van der Waals surface area contributed by atoms with Gasteiger partial charge in [0.2, 0.25) is 0 Å². The number of aromatic nitrogens is 2. The molecule has 0 atom stereocenters. The van der Waals surface area contributed by atoms with Crippen LogP contribution in [0.3, 0.4) is 0 Å². The van der Waals surface area contributed by atoms with Crippen LogP contribution in [0, 0.1) is 20.8 Å². The van der Waals surface area contributed by atoms with Gasteiger partial charge >= 0.3 is 0 Å². The Morgan fingerprint density at radius 3 is 2.72 bits per heavy atom. The largest absolute Gasteiger partial charge is 0.394 e. The molecule has 2 N–H and O–H groups in total. The van der Waals surface area contributed by atoms with Gasteiger partial charge in [0, 0.05) is 15.3 Å². The first-order valence-electron chi connectivity index (χ1n) is 6.06. The van der Waals surface area contributed by atoms with Crippen molar-refractivity contribution in [1.82, 2.24) is 9.78 Å². The Bertz CT molecular complexity index is 530. The van der Waals surface area contributed by atoms with Gasteiger partial charge in [0.05, 0.1) is 25.4 Å². The highest BCUT2D eigenvalue weighted by atomic mass is 32.1. The summed E-state index contributed by atoms with van der Waals surface area (Å²) in [6.45, 7) is 7.59. The number of thiophene rings is 1. The normalized spacial score (nSPS) is 10.9. The van der Waals surface area contributed by atoms with Gasteiger partial charge in [-0.1, -0.05) is 0 Å². The summed E-state index contributed by atoms with van der Waals surface area (Å²) >= 11 is 1.80. The van der Waals surface area contributed by atoms with E-state index in [2.05, 4.69) is 36.4 Å². The fourth-order valence-electron chi connectivity index (χ4n) is 1.90. The molecule has 2 heterocycles. The topological polar surface area (TPSA) is 50.1 Å². The van der Waals surface area contributed by atoms with Crippen LogP contribution in [0.1, 0.15) is 21.0 Å². The van der Waals surface area contributed by atoms with Crippen molar-refractivity contribution in [2.75, 3.05) is 11.9 Å². The molecular weight excluding hydrogens is 246 g/mol. The fourth-order valence-corrected chi connectivity index (χ4v) is 2.73. The summed E-state index contributed by atoms with van der Waals surface area (Å²) in [5.41, 5.74) is 2.16. The van der Waals surface area contributed by atoms with Gasteiger partial charge < -0.3 is 10.4 Å². The first kappa shape index (κ1) is 13.1. The number of aliphatic hydroxyl groups excluding tert-OH is 1. The second kappa shape index (κ2) is 5.54. The number of aliphatic hydroxyl groups is 1. The fraction of sp³-hybridized carbons (Fsp3) is 0.462. The molecule has 0 amide bonds. The van der Waals surface area contributed by atoms with E-state index in [9.17, 15) is 0 Å². The van der Waals surface area contributed by atoms with E-state index in [0.717, 1.165) is 23.6 Å². The van der Waals surface area contributed by atoms with E-state index in [0.29, 0.717) is 6.54 Å². The highest BCUT2D eigenvalue weighted by molar-refractivity contribution is 7.11. The standard InChI is InChI=1S/C13H19N3OS/c1-9-4-5-12(18-9)8-14-13-10(2)11(3)15-16(13)6-7-17/h4-5,14,17H,6-8H2,1-3H3. The lowest BCUT2D eigenvalue weighted by Crippen LogP contribution is -2.10. The van der Waals surface area contributed by atoms with Crippen LogP contribution in [0.5, 0.6) is 0 Å². The quantitative estimate of drug-likeness (QED) is 0.873. The van der Waals surface area contributed by atoms with Crippen molar-refractivity contribution in [3.05, 3.63) is 33.1 Å². The van der Waals surface area contributed by atoms with Gasteiger partial charge in [-0.3, -0.25) is 0 Å². The Hall–Kier alpha value is -1.33. The maximum atomic E-state index is 9.05. The molecule has 0 unspecified atom stereocenters. The second-order valence-electron chi connectivity index (χ2n) is 4.37. The summed E-state index contributed by atoms with van der Waals surface area (Å²) in [6.07, 6.45) is 0. The number of hydrogen-bond acceptors (Lipinski definition) is 4. The molecule has 0 fully saturated rings. The molecule has 0 aliphatic heterocycles. The molecule has 2 aromatic heterocycles. The van der Waals surface area contributed by atoms with Gasteiger partial charge in [-0.2, -0.15) is 5.10 Å². The van der Waals surface area contributed by atoms with E-state index in [1.165, 1.54) is 9.75 Å². The van der Waals surface area contributed by atoms with Gasteiger partial charge in [-0.05, 0) is 32.9 Å². The van der Waals surface area contributed by atoms with Crippen LogP contribution in [0.2, 0.25) is 0 Å². The van der Waals surface area contributed by atoms with Gasteiger partial charge in [0.1, 0.15) is 5.82 Å². The van der Waals surface area contributed by atoms with Crippen molar-refractivity contribution in [2.24, 2.45) is 0 Å². The molecule has 0 aliphatic carbocycles. The highest BCUT2D eigenvalue weighted by Gasteiger charge is 2.11. The summed E-state index contributed by atoms with van der Waals surface area (Å²) < 4.78 is 1.84. The van der Waals surface area contributed by atoms with Crippen molar-refractivity contribution in [2.45, 2.75) is 33.9 Å². The number of rotatable bonds is 5. The van der Waals surface area contributed by atoms with Crippen molar-refractivity contribution < 1.29 is 5.11 Å². The van der Waals surface area contributed by atoms with Crippen LogP contribution in [-0.2, 0) is 13.1 Å². The smallest absolute Gasteiger partial charge is 0.127 e. The van der Waals surface area contributed by atoms with Crippen molar-refractivity contribution in [1.29, 1.82) is 0 Å². The van der Waals surface area contributed by atoms with E-state index >= 15 is 0 Å². The van der Waals surface area contributed by atoms with E-state index in [-0.39, 0.29) is 6.61 Å². The van der Waals surface area contributed by atoms with Crippen molar-refractivity contribution in [3.8, 4) is 0 Å². The average Bonchev–Trinajstić information content (AvgIpc) is 2.84. The Balaban J connectivity index is 2.12. The molecule has 0 bridgehead atoms. The predicted octanol–water partition coefficient (Wildman–Crippen LogP) is 2.47. The van der Waals surface area contributed by atoms with Crippen LogP contribution >= 0.6 is 11.3 Å². The summed E-state index contributed by atoms with van der Waals surface area (Å²) in [5, 5.41) is 16.9. The maximum Gasteiger partial charge on any atom is 0.127 e. The van der Waals surface area contributed by atoms with Crippen molar-refractivity contribution >= 4 is 17.2 Å². The molecule has 2 rings (SSSR count). The van der Waals surface area contributed by atoms with E-state index < -0.39 is 0 Å². The summed E-state index contributed by atoms with van der Waals surface area (Å²) in [7, 11) is 0. The third kappa shape index (κ3) is 2.73. The number of nitrogens with zero attached hydrogens (tertiary/aromatic N) is 2. The molecular formula is C13H19N3OS. The Kier molecular flexibility index (Phi) is 4.04. The third-order valence-corrected chi connectivity index (χ3v) is 3.97. The molecule has 5 heteroatoms. The Labute approximate surface area is 111 Å². The zero-order valence-corrected chi connectivity index (χ0v) is 11.8. The summed E-state index contributed by atoms with van der Waals surface area (Å²) in [5.74, 6) is 1.01.